The summed E-state index contributed by atoms with van der Waals surface area (Å²) < 4.78 is 0. The molecule has 0 heteroatoms. The lowest BCUT2D eigenvalue weighted by Crippen LogP contribution is -1.88. The summed E-state index contributed by atoms with van der Waals surface area (Å²) in [6, 6.07) is 21.4. The van der Waals surface area contributed by atoms with Crippen LogP contribution in [0.15, 0.2) is 66.7 Å². The largest absolute Gasteiger partial charge is 0.0758 e. The van der Waals surface area contributed by atoms with Gasteiger partial charge in [0.15, 0.2) is 0 Å². The first-order valence-corrected chi connectivity index (χ1v) is 6.74. The molecule has 0 heterocycles. The third kappa shape index (κ3) is 2.70. The van der Waals surface area contributed by atoms with Gasteiger partial charge in [-0.15, -0.1) is 0 Å². The van der Waals surface area contributed by atoms with Gasteiger partial charge in [-0.25, -0.2) is 0 Å². The molecule has 0 aliphatic heterocycles. The molecule has 1 aliphatic carbocycles. The highest BCUT2D eigenvalue weighted by atomic mass is 14.2. The number of hydrogen-bond donors (Lipinski definition) is 0. The molecule has 2 aromatic rings. The second kappa shape index (κ2) is 5.22. The molecule has 0 unspecified atom stereocenters. The van der Waals surface area contributed by atoms with Crippen molar-refractivity contribution in [2.45, 2.75) is 19.3 Å². The van der Waals surface area contributed by atoms with Crippen LogP contribution in [0, 0.1) is 5.92 Å². The Kier molecular flexibility index (Phi) is 3.27. The maximum atomic E-state index is 2.42. The Morgan fingerprint density at radius 3 is 1.78 bits per heavy atom. The molecular weight excluding hydrogens is 216 g/mol. The van der Waals surface area contributed by atoms with E-state index >= 15 is 0 Å². The SMILES string of the molecule is C(CC1CC1)=C(c1ccccc1)c1ccccc1. The first-order valence-electron chi connectivity index (χ1n) is 6.74. The molecule has 3 rings (SSSR count). The van der Waals surface area contributed by atoms with Crippen LogP contribution in [0.25, 0.3) is 5.57 Å². The minimum absolute atomic E-state index is 0.937. The summed E-state index contributed by atoms with van der Waals surface area (Å²) in [5.41, 5.74) is 4.02. The molecular formula is C18H18. The maximum absolute atomic E-state index is 2.42. The van der Waals surface area contributed by atoms with Gasteiger partial charge in [-0.05, 0) is 41.9 Å². The molecule has 0 bridgehead atoms. The molecule has 1 fully saturated rings. The van der Waals surface area contributed by atoms with Crippen LogP contribution in [0.1, 0.15) is 30.4 Å². The van der Waals surface area contributed by atoms with Crippen LogP contribution in [0.2, 0.25) is 0 Å². The summed E-state index contributed by atoms with van der Waals surface area (Å²) in [7, 11) is 0. The lowest BCUT2D eigenvalue weighted by Gasteiger charge is -2.08. The van der Waals surface area contributed by atoms with E-state index in [4.69, 9.17) is 0 Å². The van der Waals surface area contributed by atoms with Gasteiger partial charge in [0.2, 0.25) is 0 Å². The average Bonchev–Trinajstić information content (AvgIpc) is 3.26. The monoisotopic (exact) mass is 234 g/mol. The van der Waals surface area contributed by atoms with Crippen molar-refractivity contribution in [3.63, 3.8) is 0 Å². The summed E-state index contributed by atoms with van der Waals surface area (Å²) in [5.74, 6) is 0.937. The van der Waals surface area contributed by atoms with Crippen LogP contribution in [-0.4, -0.2) is 0 Å². The molecule has 1 saturated carbocycles. The molecule has 0 amide bonds. The van der Waals surface area contributed by atoms with Crippen LogP contribution in [0.3, 0.4) is 0 Å². The first-order chi connectivity index (χ1) is 8.93. The van der Waals surface area contributed by atoms with Crippen molar-refractivity contribution in [3.05, 3.63) is 77.9 Å². The Morgan fingerprint density at radius 1 is 0.833 bits per heavy atom. The molecule has 0 spiro atoms. The molecule has 0 saturated heterocycles. The highest BCUT2D eigenvalue weighted by molar-refractivity contribution is 5.79. The Labute approximate surface area is 109 Å². The highest BCUT2D eigenvalue weighted by Gasteiger charge is 2.19. The zero-order valence-electron chi connectivity index (χ0n) is 10.5. The average molecular weight is 234 g/mol. The van der Waals surface area contributed by atoms with E-state index in [-0.39, 0.29) is 0 Å². The van der Waals surface area contributed by atoms with Gasteiger partial charge in [0, 0.05) is 0 Å². The molecule has 18 heavy (non-hydrogen) atoms. The quantitative estimate of drug-likeness (QED) is 0.704. The van der Waals surface area contributed by atoms with Crippen LogP contribution in [0.4, 0.5) is 0 Å². The van der Waals surface area contributed by atoms with Crippen LogP contribution in [-0.2, 0) is 0 Å². The van der Waals surface area contributed by atoms with E-state index in [1.807, 2.05) is 0 Å². The molecule has 90 valence electrons. The Balaban J connectivity index is 1.95. The molecule has 0 N–H and O–H groups in total. The van der Waals surface area contributed by atoms with Crippen molar-refractivity contribution < 1.29 is 0 Å². The van der Waals surface area contributed by atoms with Gasteiger partial charge in [-0.1, -0.05) is 66.7 Å². The fourth-order valence-corrected chi connectivity index (χ4v) is 2.28. The molecule has 1 aliphatic rings. The molecule has 0 aromatic heterocycles. The minimum Gasteiger partial charge on any atom is -0.0758 e. The molecule has 0 nitrogen and oxygen atoms in total. The zero-order chi connectivity index (χ0) is 12.2. The van der Waals surface area contributed by atoms with Crippen molar-refractivity contribution in [3.8, 4) is 0 Å². The van der Waals surface area contributed by atoms with Gasteiger partial charge >= 0.3 is 0 Å². The fraction of sp³-hybridized carbons (Fsp3) is 0.222. The smallest absolute Gasteiger partial charge is 0.0151 e. The normalized spacial score (nSPS) is 14.2. The number of allylic oxidation sites excluding steroid dienone is 1. The summed E-state index contributed by atoms with van der Waals surface area (Å²) in [6.07, 6.45) is 6.46. The van der Waals surface area contributed by atoms with E-state index in [9.17, 15) is 0 Å². The van der Waals surface area contributed by atoms with E-state index in [0.29, 0.717) is 0 Å². The second-order valence-electron chi connectivity index (χ2n) is 5.03. The van der Waals surface area contributed by atoms with Crippen molar-refractivity contribution in [1.82, 2.24) is 0 Å². The van der Waals surface area contributed by atoms with Crippen molar-refractivity contribution in [2.24, 2.45) is 5.92 Å². The van der Waals surface area contributed by atoms with Gasteiger partial charge in [-0.3, -0.25) is 0 Å². The Morgan fingerprint density at radius 2 is 1.33 bits per heavy atom. The summed E-state index contributed by atoms with van der Waals surface area (Å²) >= 11 is 0. The standard InChI is InChI=1S/C18H18/c1-3-7-16(8-4-1)18(14-13-15-11-12-15)17-9-5-2-6-10-17/h1-10,14-15H,11-13H2. The first kappa shape index (κ1) is 11.3. The summed E-state index contributed by atoms with van der Waals surface area (Å²) in [4.78, 5) is 0. The van der Waals surface area contributed by atoms with E-state index in [1.54, 1.807) is 0 Å². The number of rotatable bonds is 4. The predicted octanol–water partition coefficient (Wildman–Crippen LogP) is 4.92. The van der Waals surface area contributed by atoms with Gasteiger partial charge in [-0.2, -0.15) is 0 Å². The topological polar surface area (TPSA) is 0 Å². The van der Waals surface area contributed by atoms with Crippen LogP contribution >= 0.6 is 0 Å². The van der Waals surface area contributed by atoms with Crippen molar-refractivity contribution in [2.75, 3.05) is 0 Å². The van der Waals surface area contributed by atoms with Crippen LogP contribution in [0.5, 0.6) is 0 Å². The third-order valence-electron chi connectivity index (χ3n) is 3.52. The van der Waals surface area contributed by atoms with E-state index < -0.39 is 0 Å². The Bertz CT molecular complexity index is 477. The van der Waals surface area contributed by atoms with E-state index in [2.05, 4.69) is 66.7 Å². The van der Waals surface area contributed by atoms with Crippen molar-refractivity contribution in [1.29, 1.82) is 0 Å². The Hall–Kier alpha value is -1.82. The summed E-state index contributed by atoms with van der Waals surface area (Å²) in [6.45, 7) is 0. The fourth-order valence-electron chi connectivity index (χ4n) is 2.28. The molecule has 2 aromatic carbocycles. The second-order valence-corrected chi connectivity index (χ2v) is 5.03. The van der Waals surface area contributed by atoms with Gasteiger partial charge < -0.3 is 0 Å². The maximum Gasteiger partial charge on any atom is -0.0151 e. The lowest BCUT2D eigenvalue weighted by atomic mass is 9.96. The van der Waals surface area contributed by atoms with E-state index in [0.717, 1.165) is 5.92 Å². The van der Waals surface area contributed by atoms with E-state index in [1.165, 1.54) is 36.0 Å². The molecule has 0 radical (unpaired) electrons. The van der Waals surface area contributed by atoms with Crippen molar-refractivity contribution >= 4 is 5.57 Å². The number of benzene rings is 2. The zero-order valence-corrected chi connectivity index (χ0v) is 10.5. The lowest BCUT2D eigenvalue weighted by molar-refractivity contribution is 0.864. The van der Waals surface area contributed by atoms with Crippen LogP contribution < -0.4 is 0 Å². The third-order valence-corrected chi connectivity index (χ3v) is 3.52. The predicted molar refractivity (Wildman–Crippen MR) is 77.3 cm³/mol. The highest BCUT2D eigenvalue weighted by Crippen LogP contribution is 2.35. The minimum atomic E-state index is 0.937. The van der Waals surface area contributed by atoms with Gasteiger partial charge in [0.1, 0.15) is 0 Å². The van der Waals surface area contributed by atoms with Gasteiger partial charge in [0.25, 0.3) is 0 Å². The molecule has 0 atom stereocenters. The van der Waals surface area contributed by atoms with Gasteiger partial charge in [0.05, 0.1) is 0 Å². The number of hydrogen-bond acceptors (Lipinski definition) is 0. The summed E-state index contributed by atoms with van der Waals surface area (Å²) in [5, 5.41) is 0.